The summed E-state index contributed by atoms with van der Waals surface area (Å²) in [4.78, 5) is 0. The Morgan fingerprint density at radius 3 is 0.980 bits per heavy atom. The van der Waals surface area contributed by atoms with Gasteiger partial charge in [0.2, 0.25) is 0 Å². The molecule has 0 aliphatic heterocycles. The van der Waals surface area contributed by atoms with Gasteiger partial charge in [-0.3, -0.25) is 0 Å². The van der Waals surface area contributed by atoms with Gasteiger partial charge in [-0.05, 0) is 115 Å². The standard InChI is InChI=1S/C48H52N2/c1-43(2)35-25-33-34-26-36-38(46(7,8)48(11,12)44(36,3)4)28-42(34)50(41(33)27-37(35)45(5,6)47(43,9)10)30-23-21-29(22-24-30)49-39-19-15-13-17-31(39)32-18-14-16-20-40(32)49/h13-28H,1-12H3. The number of hydrogen-bond acceptors (Lipinski definition) is 0. The lowest BCUT2D eigenvalue weighted by molar-refractivity contribution is 0.125. The second-order valence-electron chi connectivity index (χ2n) is 18.8. The third-order valence-corrected chi connectivity index (χ3v) is 15.9. The van der Waals surface area contributed by atoms with Gasteiger partial charge in [-0.15, -0.1) is 0 Å². The lowest BCUT2D eigenvalue weighted by Gasteiger charge is -2.44. The zero-order chi connectivity index (χ0) is 35.6. The first kappa shape index (κ1) is 31.7. The summed E-state index contributed by atoms with van der Waals surface area (Å²) in [7, 11) is 0. The van der Waals surface area contributed by atoms with Crippen LogP contribution >= 0.6 is 0 Å². The number of hydrogen-bond donors (Lipinski definition) is 0. The van der Waals surface area contributed by atoms with Gasteiger partial charge in [0.25, 0.3) is 0 Å². The van der Waals surface area contributed by atoms with Crippen LogP contribution in [0.15, 0.2) is 97.1 Å². The van der Waals surface area contributed by atoms with Crippen molar-refractivity contribution in [3.05, 3.63) is 119 Å². The molecule has 0 bridgehead atoms. The average Bonchev–Trinajstić information content (AvgIpc) is 3.64. The number of nitrogens with zero attached hydrogens (tertiary/aromatic N) is 2. The summed E-state index contributed by atoms with van der Waals surface area (Å²) < 4.78 is 4.99. The van der Waals surface area contributed by atoms with Crippen molar-refractivity contribution >= 4 is 43.6 Å². The van der Waals surface area contributed by atoms with E-state index in [1.807, 2.05) is 0 Å². The molecule has 50 heavy (non-hydrogen) atoms. The molecule has 2 heterocycles. The zero-order valence-corrected chi connectivity index (χ0v) is 32.1. The van der Waals surface area contributed by atoms with Crippen molar-refractivity contribution in [3.8, 4) is 11.4 Å². The number of benzene rings is 5. The molecule has 7 aromatic rings. The molecule has 0 amide bonds. The summed E-state index contributed by atoms with van der Waals surface area (Å²) >= 11 is 0. The zero-order valence-electron chi connectivity index (χ0n) is 32.1. The van der Waals surface area contributed by atoms with Crippen LogP contribution in [0.1, 0.15) is 105 Å². The summed E-state index contributed by atoms with van der Waals surface area (Å²) in [5.41, 5.74) is 13.8. The molecule has 2 heteroatoms. The Kier molecular flexibility index (Phi) is 5.90. The maximum atomic E-state index is 2.58. The maximum absolute atomic E-state index is 2.58. The van der Waals surface area contributed by atoms with Gasteiger partial charge in [-0.25, -0.2) is 0 Å². The molecule has 2 nitrogen and oxygen atoms in total. The van der Waals surface area contributed by atoms with Crippen molar-refractivity contribution in [2.45, 2.75) is 105 Å². The second-order valence-corrected chi connectivity index (χ2v) is 18.8. The van der Waals surface area contributed by atoms with Crippen LogP contribution in [0.3, 0.4) is 0 Å². The molecule has 0 spiro atoms. The second kappa shape index (κ2) is 9.32. The molecule has 0 atom stereocenters. The van der Waals surface area contributed by atoms with Crippen LogP contribution in [0, 0.1) is 10.8 Å². The van der Waals surface area contributed by atoms with Gasteiger partial charge in [0.1, 0.15) is 0 Å². The van der Waals surface area contributed by atoms with E-state index in [-0.39, 0.29) is 32.5 Å². The largest absolute Gasteiger partial charge is 0.309 e. The Hall–Kier alpha value is -4.30. The summed E-state index contributed by atoms with van der Waals surface area (Å²) in [6.07, 6.45) is 0. The topological polar surface area (TPSA) is 9.86 Å². The summed E-state index contributed by atoms with van der Waals surface area (Å²) in [6.45, 7) is 29.6. The molecule has 2 aromatic heterocycles. The fourth-order valence-corrected chi connectivity index (χ4v) is 10.3. The molecule has 0 saturated carbocycles. The predicted molar refractivity (Wildman–Crippen MR) is 215 cm³/mol. The van der Waals surface area contributed by atoms with Crippen molar-refractivity contribution < 1.29 is 0 Å². The quantitative estimate of drug-likeness (QED) is 0.175. The van der Waals surface area contributed by atoms with Crippen LogP contribution < -0.4 is 0 Å². The first-order valence-corrected chi connectivity index (χ1v) is 18.6. The molecule has 0 unspecified atom stereocenters. The minimum atomic E-state index is 0.0253. The normalized spacial score (nSPS) is 20.6. The van der Waals surface area contributed by atoms with E-state index < -0.39 is 0 Å². The predicted octanol–water partition coefficient (Wildman–Crippen LogP) is 13.1. The molecular weight excluding hydrogens is 605 g/mol. The Morgan fingerprint density at radius 1 is 0.320 bits per heavy atom. The minimum Gasteiger partial charge on any atom is -0.309 e. The molecule has 9 rings (SSSR count). The molecule has 0 saturated heterocycles. The fraction of sp³-hybridized carbons (Fsp3) is 0.375. The number of fused-ring (bicyclic) bond motifs is 8. The van der Waals surface area contributed by atoms with Gasteiger partial charge in [-0.2, -0.15) is 0 Å². The van der Waals surface area contributed by atoms with Crippen molar-refractivity contribution in [2.24, 2.45) is 10.8 Å². The van der Waals surface area contributed by atoms with Crippen LogP contribution in [-0.4, -0.2) is 9.13 Å². The molecule has 254 valence electrons. The minimum absolute atomic E-state index is 0.0253. The smallest absolute Gasteiger partial charge is 0.0544 e. The molecule has 0 fully saturated rings. The van der Waals surface area contributed by atoms with E-state index in [4.69, 9.17) is 0 Å². The van der Waals surface area contributed by atoms with E-state index in [0.717, 1.165) is 0 Å². The van der Waals surface area contributed by atoms with Crippen LogP contribution in [0.2, 0.25) is 0 Å². The Bertz CT molecular complexity index is 2420. The molecular formula is C48H52N2. The highest BCUT2D eigenvalue weighted by molar-refractivity contribution is 6.11. The SMILES string of the molecule is CC1(C)c2cc3c4cc5c(cc4n(-c4ccc(-n6c7ccccc7c7ccccc76)cc4)c3cc2C(C)(C)C1(C)C)C(C)(C)C(C)(C)C5(C)C. The van der Waals surface area contributed by atoms with Crippen LogP contribution in [-0.2, 0) is 21.7 Å². The van der Waals surface area contributed by atoms with Crippen LogP contribution in [0.25, 0.3) is 55.0 Å². The molecule has 2 aliphatic rings. The molecule has 2 aliphatic carbocycles. The third kappa shape index (κ3) is 3.46. The average molecular weight is 657 g/mol. The number of aromatic nitrogens is 2. The summed E-state index contributed by atoms with van der Waals surface area (Å²) in [5.74, 6) is 0. The first-order chi connectivity index (χ1) is 23.4. The highest BCUT2D eigenvalue weighted by Crippen LogP contribution is 2.64. The van der Waals surface area contributed by atoms with Gasteiger partial charge in [-0.1, -0.05) is 119 Å². The number of para-hydroxylation sites is 2. The van der Waals surface area contributed by atoms with Gasteiger partial charge in [0, 0.05) is 32.9 Å². The van der Waals surface area contributed by atoms with E-state index in [1.165, 1.54) is 77.2 Å². The van der Waals surface area contributed by atoms with E-state index in [2.05, 4.69) is 189 Å². The van der Waals surface area contributed by atoms with Crippen LogP contribution in [0.5, 0.6) is 0 Å². The van der Waals surface area contributed by atoms with E-state index >= 15 is 0 Å². The monoisotopic (exact) mass is 656 g/mol. The van der Waals surface area contributed by atoms with E-state index in [0.29, 0.717) is 0 Å². The Balaban J connectivity index is 1.35. The fourth-order valence-electron chi connectivity index (χ4n) is 10.3. The molecule has 5 aromatic carbocycles. The Labute approximate surface area is 298 Å². The van der Waals surface area contributed by atoms with Gasteiger partial charge in [0.15, 0.2) is 0 Å². The van der Waals surface area contributed by atoms with Crippen molar-refractivity contribution in [2.75, 3.05) is 0 Å². The summed E-state index contributed by atoms with van der Waals surface area (Å²) in [6, 6.07) is 37.2. The van der Waals surface area contributed by atoms with Gasteiger partial charge < -0.3 is 9.13 Å². The molecule has 0 N–H and O–H groups in total. The lowest BCUT2D eigenvalue weighted by Crippen LogP contribution is -2.42. The number of rotatable bonds is 2. The van der Waals surface area contributed by atoms with Crippen molar-refractivity contribution in [1.29, 1.82) is 0 Å². The van der Waals surface area contributed by atoms with Gasteiger partial charge >= 0.3 is 0 Å². The highest BCUT2D eigenvalue weighted by atomic mass is 15.0. The van der Waals surface area contributed by atoms with E-state index in [9.17, 15) is 0 Å². The molecule has 0 radical (unpaired) electrons. The van der Waals surface area contributed by atoms with Crippen molar-refractivity contribution in [1.82, 2.24) is 9.13 Å². The Morgan fingerprint density at radius 2 is 0.620 bits per heavy atom. The third-order valence-electron chi connectivity index (χ3n) is 15.9. The lowest BCUT2D eigenvalue weighted by atomic mass is 9.59. The maximum Gasteiger partial charge on any atom is 0.0544 e. The van der Waals surface area contributed by atoms with Gasteiger partial charge in [0.05, 0.1) is 22.1 Å². The highest BCUT2D eigenvalue weighted by Gasteiger charge is 2.58. The first-order valence-electron chi connectivity index (χ1n) is 18.6. The van der Waals surface area contributed by atoms with Crippen LogP contribution in [0.4, 0.5) is 0 Å². The van der Waals surface area contributed by atoms with E-state index in [1.54, 1.807) is 0 Å². The summed E-state index contributed by atoms with van der Waals surface area (Å²) in [5, 5.41) is 5.32. The van der Waals surface area contributed by atoms with Crippen molar-refractivity contribution in [3.63, 3.8) is 0 Å².